The molecule has 0 bridgehead atoms. The molecule has 0 aliphatic heterocycles. The lowest BCUT2D eigenvalue weighted by molar-refractivity contribution is 0.759. The lowest BCUT2D eigenvalue weighted by Crippen LogP contribution is -1.72. The van der Waals surface area contributed by atoms with Crippen LogP contribution in [0.3, 0.4) is 0 Å². The molecule has 0 spiro atoms. The van der Waals surface area contributed by atoms with Crippen molar-refractivity contribution >= 4 is 0 Å². The van der Waals surface area contributed by atoms with Gasteiger partial charge in [0.25, 0.3) is 0 Å². The first-order chi connectivity index (χ1) is 6.50. The molecular formula is C13H20. The highest BCUT2D eigenvalue weighted by atomic mass is 13.9. The summed E-state index contributed by atoms with van der Waals surface area (Å²) >= 11 is 0. The van der Waals surface area contributed by atoms with Crippen LogP contribution in [-0.2, 0) is 0 Å². The summed E-state index contributed by atoms with van der Waals surface area (Å²) in [6.07, 6.45) is 22.5. The van der Waals surface area contributed by atoms with Crippen molar-refractivity contribution in [3.8, 4) is 0 Å². The van der Waals surface area contributed by atoms with Gasteiger partial charge in [-0.05, 0) is 44.9 Å². The molecule has 0 atom stereocenters. The molecule has 72 valence electrons. The van der Waals surface area contributed by atoms with Crippen molar-refractivity contribution in [1.29, 1.82) is 0 Å². The summed E-state index contributed by atoms with van der Waals surface area (Å²) in [4.78, 5) is 0. The minimum Gasteiger partial charge on any atom is -0.0885 e. The highest BCUT2D eigenvalue weighted by molar-refractivity contribution is 5.02. The second-order valence-corrected chi connectivity index (χ2v) is 3.54. The molecule has 0 heteroatoms. The van der Waals surface area contributed by atoms with Crippen LogP contribution in [0.5, 0.6) is 0 Å². The van der Waals surface area contributed by atoms with Crippen LogP contribution in [0.4, 0.5) is 0 Å². The van der Waals surface area contributed by atoms with Gasteiger partial charge in [-0.2, -0.15) is 0 Å². The van der Waals surface area contributed by atoms with Gasteiger partial charge < -0.3 is 0 Å². The van der Waals surface area contributed by atoms with Crippen molar-refractivity contribution in [3.05, 3.63) is 36.5 Å². The number of hydrogen-bond donors (Lipinski definition) is 0. The van der Waals surface area contributed by atoms with E-state index in [1.54, 1.807) is 0 Å². The molecule has 0 radical (unpaired) electrons. The fraction of sp³-hybridized carbons (Fsp3) is 0.538. The quantitative estimate of drug-likeness (QED) is 0.480. The van der Waals surface area contributed by atoms with Crippen LogP contribution in [0.25, 0.3) is 0 Å². The molecule has 1 rings (SSSR count). The minimum absolute atomic E-state index is 1.22. The normalized spacial score (nSPS) is 27.7. The molecule has 0 nitrogen and oxygen atoms in total. The molecule has 0 aromatic rings. The van der Waals surface area contributed by atoms with E-state index in [4.69, 9.17) is 0 Å². The first kappa shape index (κ1) is 10.3. The predicted molar refractivity (Wildman–Crippen MR) is 59.7 cm³/mol. The number of allylic oxidation sites excluding steroid dienone is 6. The molecule has 0 amide bonds. The summed E-state index contributed by atoms with van der Waals surface area (Å²) in [7, 11) is 0. The second kappa shape index (κ2) is 7.85. The van der Waals surface area contributed by atoms with E-state index in [0.29, 0.717) is 0 Å². The summed E-state index contributed by atoms with van der Waals surface area (Å²) in [6, 6.07) is 0. The molecule has 0 fully saturated rings. The maximum absolute atomic E-state index is 2.34. The largest absolute Gasteiger partial charge is 0.0885 e. The first-order valence-electron chi connectivity index (χ1n) is 5.47. The van der Waals surface area contributed by atoms with Gasteiger partial charge in [0.2, 0.25) is 0 Å². The molecule has 0 saturated carbocycles. The van der Waals surface area contributed by atoms with Crippen LogP contribution in [0.15, 0.2) is 36.5 Å². The van der Waals surface area contributed by atoms with Crippen LogP contribution in [0, 0.1) is 0 Å². The van der Waals surface area contributed by atoms with Crippen molar-refractivity contribution in [2.24, 2.45) is 0 Å². The zero-order valence-corrected chi connectivity index (χ0v) is 8.41. The first-order valence-corrected chi connectivity index (χ1v) is 5.47. The molecule has 1 aliphatic carbocycles. The summed E-state index contributed by atoms with van der Waals surface area (Å²) < 4.78 is 0. The van der Waals surface area contributed by atoms with Crippen molar-refractivity contribution < 1.29 is 0 Å². The summed E-state index contributed by atoms with van der Waals surface area (Å²) in [6.45, 7) is 0. The maximum Gasteiger partial charge on any atom is -0.0345 e. The minimum atomic E-state index is 1.22. The smallest absolute Gasteiger partial charge is 0.0345 e. The monoisotopic (exact) mass is 176 g/mol. The Morgan fingerprint density at radius 1 is 0.462 bits per heavy atom. The van der Waals surface area contributed by atoms with Crippen molar-refractivity contribution in [2.75, 3.05) is 0 Å². The molecule has 0 saturated heterocycles. The zero-order valence-electron chi connectivity index (χ0n) is 8.41. The van der Waals surface area contributed by atoms with E-state index in [9.17, 15) is 0 Å². The molecule has 13 heavy (non-hydrogen) atoms. The average molecular weight is 176 g/mol. The molecule has 0 N–H and O–H groups in total. The van der Waals surface area contributed by atoms with Gasteiger partial charge in [-0.3, -0.25) is 0 Å². The standard InChI is InChI=1S/C13H20/c1-2-4-6-8-10-12-13-11-9-7-5-3-1/h1-4,11,13H,5-10,12H2/b3-1+,4-2-,13-11+. The highest BCUT2D eigenvalue weighted by Crippen LogP contribution is 2.05. The molecule has 0 aromatic heterocycles. The van der Waals surface area contributed by atoms with Crippen LogP contribution >= 0.6 is 0 Å². The van der Waals surface area contributed by atoms with E-state index in [0.717, 1.165) is 0 Å². The lowest BCUT2D eigenvalue weighted by Gasteiger charge is -1.92. The van der Waals surface area contributed by atoms with E-state index in [2.05, 4.69) is 36.5 Å². The summed E-state index contributed by atoms with van der Waals surface area (Å²) in [5.74, 6) is 0. The molecule has 0 aromatic carbocycles. The van der Waals surface area contributed by atoms with Gasteiger partial charge in [-0.25, -0.2) is 0 Å². The molecule has 0 unspecified atom stereocenters. The van der Waals surface area contributed by atoms with Crippen LogP contribution in [0.2, 0.25) is 0 Å². The molecular weight excluding hydrogens is 156 g/mol. The fourth-order valence-corrected chi connectivity index (χ4v) is 1.46. The van der Waals surface area contributed by atoms with Crippen LogP contribution in [0.1, 0.15) is 44.9 Å². The Balaban J connectivity index is 2.28. The van der Waals surface area contributed by atoms with Gasteiger partial charge in [0.1, 0.15) is 0 Å². The van der Waals surface area contributed by atoms with Gasteiger partial charge >= 0.3 is 0 Å². The Bertz CT molecular complexity index is 184. The van der Waals surface area contributed by atoms with Crippen LogP contribution < -0.4 is 0 Å². The lowest BCUT2D eigenvalue weighted by atomic mass is 10.1. The topological polar surface area (TPSA) is 0 Å². The van der Waals surface area contributed by atoms with E-state index >= 15 is 0 Å². The summed E-state index contributed by atoms with van der Waals surface area (Å²) in [5.41, 5.74) is 0. The van der Waals surface area contributed by atoms with Gasteiger partial charge in [0.05, 0.1) is 0 Å². The molecule has 1 aliphatic rings. The Labute approximate surface area is 82.0 Å². The fourth-order valence-electron chi connectivity index (χ4n) is 1.46. The Morgan fingerprint density at radius 2 is 0.923 bits per heavy atom. The third-order valence-electron chi connectivity index (χ3n) is 2.28. The Kier molecular flexibility index (Phi) is 6.22. The Hall–Kier alpha value is -0.780. The third kappa shape index (κ3) is 6.39. The second-order valence-electron chi connectivity index (χ2n) is 3.54. The van der Waals surface area contributed by atoms with Gasteiger partial charge in [0.15, 0.2) is 0 Å². The summed E-state index contributed by atoms with van der Waals surface area (Å²) in [5, 5.41) is 0. The van der Waals surface area contributed by atoms with Gasteiger partial charge in [0, 0.05) is 0 Å². The Morgan fingerprint density at radius 3 is 1.62 bits per heavy atom. The average Bonchev–Trinajstić information content (AvgIpc) is 2.18. The van der Waals surface area contributed by atoms with Crippen molar-refractivity contribution in [1.82, 2.24) is 0 Å². The van der Waals surface area contributed by atoms with Gasteiger partial charge in [-0.1, -0.05) is 36.5 Å². The number of rotatable bonds is 0. The third-order valence-corrected chi connectivity index (χ3v) is 2.28. The SMILES string of the molecule is C1=C\CCCC/C=C/CCC/C=C/1. The van der Waals surface area contributed by atoms with Gasteiger partial charge in [-0.15, -0.1) is 0 Å². The van der Waals surface area contributed by atoms with Crippen LogP contribution in [-0.4, -0.2) is 0 Å². The van der Waals surface area contributed by atoms with E-state index in [1.165, 1.54) is 44.9 Å². The van der Waals surface area contributed by atoms with E-state index in [-0.39, 0.29) is 0 Å². The van der Waals surface area contributed by atoms with E-state index < -0.39 is 0 Å². The van der Waals surface area contributed by atoms with Crippen molar-refractivity contribution in [3.63, 3.8) is 0 Å². The zero-order chi connectivity index (χ0) is 9.19. The van der Waals surface area contributed by atoms with E-state index in [1.807, 2.05) is 0 Å². The highest BCUT2D eigenvalue weighted by Gasteiger charge is 1.85. The number of hydrogen-bond acceptors (Lipinski definition) is 0. The maximum atomic E-state index is 2.34. The molecule has 0 heterocycles. The van der Waals surface area contributed by atoms with Crippen molar-refractivity contribution in [2.45, 2.75) is 44.9 Å². The predicted octanol–water partition coefficient (Wildman–Crippen LogP) is 4.40.